The zero-order chi connectivity index (χ0) is 29.7. The van der Waals surface area contributed by atoms with Crippen LogP contribution in [0.4, 0.5) is 4.79 Å². The molecule has 41 heavy (non-hydrogen) atoms. The highest BCUT2D eigenvalue weighted by Crippen LogP contribution is 2.44. The number of hydrogen-bond acceptors (Lipinski definition) is 6. The lowest BCUT2D eigenvalue weighted by atomic mass is 9.98. The maximum atomic E-state index is 12.8. The van der Waals surface area contributed by atoms with E-state index in [2.05, 4.69) is 29.9 Å². The van der Waals surface area contributed by atoms with Crippen molar-refractivity contribution in [1.29, 1.82) is 0 Å². The van der Waals surface area contributed by atoms with Crippen LogP contribution in [-0.2, 0) is 27.4 Å². The number of ether oxygens (including phenoxy) is 2. The predicted octanol–water partition coefficient (Wildman–Crippen LogP) is 4.43. The van der Waals surface area contributed by atoms with Crippen molar-refractivity contribution in [3.8, 4) is 11.1 Å². The lowest BCUT2D eigenvalue weighted by Crippen LogP contribution is -2.43. The fourth-order valence-electron chi connectivity index (χ4n) is 4.77. The SMILES string of the molecule is CN(C)C(=O)c1nc(C[C@H](NC(=O)OCC2c3ccccc3-c3ccccc32)C(=O)O)cn1COCC[Si](C)(C)C. The van der Waals surface area contributed by atoms with E-state index in [-0.39, 0.29) is 37.4 Å². The number of carboxylic acids is 1. The molecule has 0 aliphatic heterocycles. The van der Waals surface area contributed by atoms with E-state index in [1.807, 2.05) is 48.5 Å². The third-order valence-electron chi connectivity index (χ3n) is 7.00. The van der Waals surface area contributed by atoms with Gasteiger partial charge in [-0.15, -0.1) is 0 Å². The van der Waals surface area contributed by atoms with Crippen molar-refractivity contribution in [2.24, 2.45) is 0 Å². The molecule has 2 aromatic carbocycles. The fourth-order valence-corrected chi connectivity index (χ4v) is 5.53. The molecule has 1 aliphatic carbocycles. The molecule has 1 aromatic heterocycles. The smallest absolute Gasteiger partial charge is 0.407 e. The molecular weight excluding hydrogens is 540 g/mol. The molecule has 0 saturated heterocycles. The molecule has 2 amide bonds. The van der Waals surface area contributed by atoms with Gasteiger partial charge >= 0.3 is 12.1 Å². The number of carboxylic acid groups (broad SMARTS) is 1. The predicted molar refractivity (Wildman–Crippen MR) is 158 cm³/mol. The van der Waals surface area contributed by atoms with Gasteiger partial charge in [0.1, 0.15) is 19.4 Å². The number of nitrogens with zero attached hydrogens (tertiary/aromatic N) is 3. The monoisotopic (exact) mass is 578 g/mol. The Hall–Kier alpha value is -3.96. The molecule has 0 saturated carbocycles. The summed E-state index contributed by atoms with van der Waals surface area (Å²) in [6.07, 6.45) is 0.633. The van der Waals surface area contributed by atoms with Gasteiger partial charge in [0.25, 0.3) is 5.91 Å². The Morgan fingerprint density at radius 2 is 1.66 bits per heavy atom. The van der Waals surface area contributed by atoms with Gasteiger partial charge in [0.15, 0.2) is 0 Å². The Balaban J connectivity index is 1.42. The van der Waals surface area contributed by atoms with E-state index in [1.165, 1.54) is 4.90 Å². The van der Waals surface area contributed by atoms with Gasteiger partial charge in [0, 0.05) is 47.3 Å². The van der Waals surface area contributed by atoms with Crippen molar-refractivity contribution >= 4 is 26.0 Å². The number of amides is 2. The number of aromatic nitrogens is 2. The molecule has 0 fully saturated rings. The van der Waals surface area contributed by atoms with Crippen molar-refractivity contribution in [3.63, 3.8) is 0 Å². The molecule has 3 aromatic rings. The first kappa shape index (κ1) is 30.0. The molecular formula is C30H38N4O6Si. The van der Waals surface area contributed by atoms with E-state index >= 15 is 0 Å². The summed E-state index contributed by atoms with van der Waals surface area (Å²) >= 11 is 0. The van der Waals surface area contributed by atoms with Crippen LogP contribution in [-0.4, -0.2) is 79.0 Å². The minimum absolute atomic E-state index is 0.0665. The van der Waals surface area contributed by atoms with Crippen molar-refractivity contribution in [3.05, 3.63) is 77.4 Å². The largest absolute Gasteiger partial charge is 0.480 e. The van der Waals surface area contributed by atoms with Gasteiger partial charge in [-0.3, -0.25) is 4.79 Å². The van der Waals surface area contributed by atoms with Gasteiger partial charge < -0.3 is 29.4 Å². The quantitative estimate of drug-likeness (QED) is 0.241. The molecule has 1 atom stereocenters. The molecule has 4 rings (SSSR count). The van der Waals surface area contributed by atoms with E-state index in [9.17, 15) is 19.5 Å². The second-order valence-electron chi connectivity index (χ2n) is 11.6. The first-order chi connectivity index (χ1) is 19.4. The topological polar surface area (TPSA) is 123 Å². The van der Waals surface area contributed by atoms with E-state index in [0.29, 0.717) is 12.3 Å². The molecule has 11 heteroatoms. The maximum absolute atomic E-state index is 12.8. The van der Waals surface area contributed by atoms with Crippen LogP contribution in [0.3, 0.4) is 0 Å². The van der Waals surface area contributed by atoms with Crippen LogP contribution in [0.25, 0.3) is 11.1 Å². The summed E-state index contributed by atoms with van der Waals surface area (Å²) in [5.74, 6) is -1.57. The zero-order valence-electron chi connectivity index (χ0n) is 24.2. The number of fused-ring (bicyclic) bond motifs is 3. The summed E-state index contributed by atoms with van der Waals surface area (Å²) in [5, 5.41) is 12.3. The first-order valence-corrected chi connectivity index (χ1v) is 17.3. The summed E-state index contributed by atoms with van der Waals surface area (Å²) in [6, 6.07) is 15.6. The minimum Gasteiger partial charge on any atom is -0.480 e. The van der Waals surface area contributed by atoms with Crippen LogP contribution in [0.2, 0.25) is 25.7 Å². The molecule has 0 bridgehead atoms. The maximum Gasteiger partial charge on any atom is 0.407 e. The molecule has 0 radical (unpaired) electrons. The number of alkyl carbamates (subject to hydrolysis) is 1. The molecule has 10 nitrogen and oxygen atoms in total. The highest BCUT2D eigenvalue weighted by molar-refractivity contribution is 6.76. The lowest BCUT2D eigenvalue weighted by molar-refractivity contribution is -0.139. The molecule has 2 N–H and O–H groups in total. The van der Waals surface area contributed by atoms with Gasteiger partial charge in [-0.05, 0) is 28.3 Å². The number of hydrogen-bond donors (Lipinski definition) is 2. The fraction of sp³-hybridized carbons (Fsp3) is 0.400. The number of nitrogens with one attached hydrogen (secondary N) is 1. The van der Waals surface area contributed by atoms with Crippen molar-refractivity contribution in [2.45, 2.75) is 50.8 Å². The van der Waals surface area contributed by atoms with Crippen molar-refractivity contribution in [1.82, 2.24) is 19.8 Å². The Morgan fingerprint density at radius 1 is 1.05 bits per heavy atom. The average Bonchev–Trinajstić information content (AvgIpc) is 3.47. The Kier molecular flexibility index (Phi) is 9.29. The molecule has 1 heterocycles. The highest BCUT2D eigenvalue weighted by Gasteiger charge is 2.30. The number of imidazole rings is 1. The van der Waals surface area contributed by atoms with Crippen LogP contribution in [0.1, 0.15) is 33.4 Å². The zero-order valence-corrected chi connectivity index (χ0v) is 25.2. The van der Waals surface area contributed by atoms with E-state index < -0.39 is 26.2 Å². The van der Waals surface area contributed by atoms with Gasteiger partial charge in [0.05, 0.1) is 5.69 Å². The second-order valence-corrected chi connectivity index (χ2v) is 17.3. The van der Waals surface area contributed by atoms with Crippen LogP contribution in [0.15, 0.2) is 54.7 Å². The van der Waals surface area contributed by atoms with E-state index in [0.717, 1.165) is 28.3 Å². The van der Waals surface area contributed by atoms with Gasteiger partial charge in [-0.25, -0.2) is 14.6 Å². The molecule has 1 aliphatic rings. The number of benzene rings is 2. The summed E-state index contributed by atoms with van der Waals surface area (Å²) in [5.41, 5.74) is 4.67. The standard InChI is InChI=1S/C30H38N4O6Si/c1-33(2)28(35)27-31-20(17-34(27)19-39-14-15-41(3,4)5)16-26(29(36)37)32-30(38)40-18-25-23-12-8-6-10-21(23)22-11-7-9-13-24(22)25/h6-13,17,25-26H,14-16,18-19H2,1-5H3,(H,32,38)(H,36,37)/t26-/m0/s1. The Bertz CT molecular complexity index is 1370. The summed E-state index contributed by atoms with van der Waals surface area (Å²) in [6.45, 7) is 7.49. The van der Waals surface area contributed by atoms with Crippen molar-refractivity contribution in [2.75, 3.05) is 27.3 Å². The molecule has 218 valence electrons. The Morgan fingerprint density at radius 3 is 2.22 bits per heavy atom. The summed E-state index contributed by atoms with van der Waals surface area (Å²) in [7, 11) is 1.95. The average molecular weight is 579 g/mol. The Labute approximate surface area is 241 Å². The molecule has 0 unspecified atom stereocenters. The summed E-state index contributed by atoms with van der Waals surface area (Å²) in [4.78, 5) is 43.4. The van der Waals surface area contributed by atoms with Crippen molar-refractivity contribution < 1.29 is 29.0 Å². The summed E-state index contributed by atoms with van der Waals surface area (Å²) < 4.78 is 12.9. The number of carbonyl (C=O) groups is 3. The number of carbonyl (C=O) groups excluding carboxylic acids is 2. The second kappa shape index (κ2) is 12.7. The third kappa shape index (κ3) is 7.41. The van der Waals surface area contributed by atoms with Crippen LogP contribution < -0.4 is 5.32 Å². The number of aliphatic carboxylic acids is 1. The van der Waals surface area contributed by atoms with Crippen LogP contribution in [0.5, 0.6) is 0 Å². The van der Waals surface area contributed by atoms with Crippen LogP contribution >= 0.6 is 0 Å². The lowest BCUT2D eigenvalue weighted by Gasteiger charge is -2.17. The molecule has 0 spiro atoms. The van der Waals surface area contributed by atoms with Crippen LogP contribution in [0, 0.1) is 0 Å². The highest BCUT2D eigenvalue weighted by atomic mass is 28.3. The first-order valence-electron chi connectivity index (χ1n) is 13.6. The normalized spacial score (nSPS) is 13.3. The minimum atomic E-state index is -1.30. The third-order valence-corrected chi connectivity index (χ3v) is 8.70. The van der Waals surface area contributed by atoms with E-state index in [1.54, 1.807) is 24.9 Å². The number of rotatable bonds is 12. The van der Waals surface area contributed by atoms with Gasteiger partial charge in [-0.2, -0.15) is 0 Å². The van der Waals surface area contributed by atoms with Gasteiger partial charge in [-0.1, -0.05) is 68.2 Å². The van der Waals surface area contributed by atoms with E-state index in [4.69, 9.17) is 9.47 Å². The van der Waals surface area contributed by atoms with Gasteiger partial charge in [0.2, 0.25) is 5.82 Å².